The van der Waals surface area contributed by atoms with Crippen LogP contribution in [0.15, 0.2) is 18.2 Å². The Balaban J connectivity index is 2.89. The van der Waals surface area contributed by atoms with Crippen molar-refractivity contribution >= 4 is 29.3 Å². The van der Waals surface area contributed by atoms with Crippen molar-refractivity contribution in [3.8, 4) is 0 Å². The fraction of sp³-hybridized carbons (Fsp3) is 0.429. The predicted molar refractivity (Wildman–Crippen MR) is 81.0 cm³/mol. The van der Waals surface area contributed by atoms with Gasteiger partial charge in [-0.2, -0.15) is 0 Å². The lowest BCUT2D eigenvalue weighted by Crippen LogP contribution is -2.38. The van der Waals surface area contributed by atoms with Gasteiger partial charge >= 0.3 is 12.0 Å². The zero-order valence-electron chi connectivity index (χ0n) is 11.8. The maximum absolute atomic E-state index is 12.2. The minimum Gasteiger partial charge on any atom is -0.478 e. The molecule has 1 rings (SSSR count). The van der Waals surface area contributed by atoms with E-state index >= 15 is 0 Å². The van der Waals surface area contributed by atoms with Crippen LogP contribution in [0.5, 0.6) is 0 Å². The maximum Gasteiger partial charge on any atom is 0.337 e. The third-order valence-corrected chi connectivity index (χ3v) is 3.13. The second-order valence-corrected chi connectivity index (χ2v) is 4.93. The monoisotopic (exact) mass is 314 g/mol. The van der Waals surface area contributed by atoms with Gasteiger partial charge in [-0.15, -0.1) is 0 Å². The van der Waals surface area contributed by atoms with Crippen LogP contribution in [0, 0.1) is 0 Å². The molecule has 2 amide bonds. The molecule has 1 aromatic carbocycles. The Labute approximate surface area is 128 Å². The van der Waals surface area contributed by atoms with Crippen LogP contribution in [0.25, 0.3) is 0 Å². The van der Waals surface area contributed by atoms with Gasteiger partial charge in [0.2, 0.25) is 0 Å². The van der Waals surface area contributed by atoms with Crippen molar-refractivity contribution in [1.29, 1.82) is 0 Å². The average Bonchev–Trinajstić information content (AvgIpc) is 2.43. The Morgan fingerprint density at radius 1 is 1.33 bits per heavy atom. The quantitative estimate of drug-likeness (QED) is 0.721. The summed E-state index contributed by atoms with van der Waals surface area (Å²) in [5.74, 6) is -1.15. The fourth-order valence-corrected chi connectivity index (χ4v) is 1.96. The number of aliphatic hydroxyl groups excluding tert-OH is 1. The number of rotatable bonds is 7. The number of nitrogens with one attached hydrogen (secondary N) is 1. The van der Waals surface area contributed by atoms with Crippen molar-refractivity contribution in [1.82, 2.24) is 4.90 Å². The first-order chi connectivity index (χ1) is 9.99. The summed E-state index contributed by atoms with van der Waals surface area (Å²) in [6.07, 6.45) is 1.71. The molecule has 0 aromatic heterocycles. The minimum absolute atomic E-state index is 0.0350. The van der Waals surface area contributed by atoms with Gasteiger partial charge in [-0.25, -0.2) is 9.59 Å². The zero-order valence-corrected chi connectivity index (χ0v) is 12.6. The number of nitrogens with zero attached hydrogens (tertiary/aromatic N) is 1. The molecule has 6 nitrogen and oxygen atoms in total. The van der Waals surface area contributed by atoms with Gasteiger partial charge < -0.3 is 20.4 Å². The second kappa shape index (κ2) is 8.49. The molecule has 0 unspecified atom stereocenters. The van der Waals surface area contributed by atoms with Crippen molar-refractivity contribution in [3.05, 3.63) is 28.8 Å². The number of aromatic carboxylic acids is 1. The third kappa shape index (κ3) is 5.24. The Bertz CT molecular complexity index is 508. The summed E-state index contributed by atoms with van der Waals surface area (Å²) < 4.78 is 0. The van der Waals surface area contributed by atoms with Crippen molar-refractivity contribution in [2.24, 2.45) is 0 Å². The third-order valence-electron chi connectivity index (χ3n) is 2.89. The standard InChI is InChI=1S/C14H19ClN2O4/c1-2-3-6-17(7-8-18)14(21)16-12-9-10(15)4-5-11(12)13(19)20/h4-5,9,18H,2-3,6-8H2,1H3,(H,16,21)(H,19,20). The number of benzene rings is 1. The molecule has 0 bridgehead atoms. The summed E-state index contributed by atoms with van der Waals surface area (Å²) >= 11 is 5.83. The van der Waals surface area contributed by atoms with Gasteiger partial charge in [0.1, 0.15) is 0 Å². The fourth-order valence-electron chi connectivity index (χ4n) is 1.79. The van der Waals surface area contributed by atoms with Crippen LogP contribution in [0.2, 0.25) is 5.02 Å². The van der Waals surface area contributed by atoms with E-state index in [0.717, 1.165) is 12.8 Å². The molecule has 7 heteroatoms. The number of amides is 2. The van der Waals surface area contributed by atoms with E-state index < -0.39 is 12.0 Å². The molecule has 0 fully saturated rings. The Hall–Kier alpha value is -1.79. The number of urea groups is 1. The summed E-state index contributed by atoms with van der Waals surface area (Å²) in [6, 6.07) is 3.72. The lowest BCUT2D eigenvalue weighted by atomic mass is 10.2. The first-order valence-electron chi connectivity index (χ1n) is 6.69. The summed E-state index contributed by atoms with van der Waals surface area (Å²) in [4.78, 5) is 24.7. The van der Waals surface area contributed by atoms with E-state index in [2.05, 4.69) is 5.32 Å². The Morgan fingerprint density at radius 2 is 2.05 bits per heavy atom. The highest BCUT2D eigenvalue weighted by Crippen LogP contribution is 2.21. The minimum atomic E-state index is -1.15. The van der Waals surface area contributed by atoms with E-state index in [1.54, 1.807) is 0 Å². The van der Waals surface area contributed by atoms with E-state index in [0.29, 0.717) is 11.6 Å². The average molecular weight is 315 g/mol. The number of hydrogen-bond acceptors (Lipinski definition) is 3. The Kier molecular flexibility index (Phi) is 6.98. The van der Waals surface area contributed by atoms with E-state index in [4.69, 9.17) is 21.8 Å². The second-order valence-electron chi connectivity index (χ2n) is 4.49. The van der Waals surface area contributed by atoms with Gasteiger partial charge in [0.25, 0.3) is 0 Å². The molecule has 0 spiro atoms. The van der Waals surface area contributed by atoms with Gasteiger partial charge in [-0.3, -0.25) is 0 Å². The maximum atomic E-state index is 12.2. The first kappa shape index (κ1) is 17.3. The molecule has 0 saturated heterocycles. The van der Waals surface area contributed by atoms with Gasteiger partial charge in [-0.1, -0.05) is 24.9 Å². The molecule has 0 radical (unpaired) electrons. The van der Waals surface area contributed by atoms with Crippen molar-refractivity contribution in [3.63, 3.8) is 0 Å². The van der Waals surface area contributed by atoms with Crippen LogP contribution in [0.3, 0.4) is 0 Å². The van der Waals surface area contributed by atoms with Crippen LogP contribution >= 0.6 is 11.6 Å². The van der Waals surface area contributed by atoms with Crippen molar-refractivity contribution in [2.45, 2.75) is 19.8 Å². The van der Waals surface area contributed by atoms with Crippen molar-refractivity contribution in [2.75, 3.05) is 25.0 Å². The smallest absolute Gasteiger partial charge is 0.337 e. The SMILES string of the molecule is CCCCN(CCO)C(=O)Nc1cc(Cl)ccc1C(=O)O. The van der Waals surface area contributed by atoms with E-state index in [1.165, 1.54) is 23.1 Å². The topological polar surface area (TPSA) is 89.9 Å². The largest absolute Gasteiger partial charge is 0.478 e. The lowest BCUT2D eigenvalue weighted by Gasteiger charge is -2.22. The van der Waals surface area contributed by atoms with E-state index in [9.17, 15) is 9.59 Å². The summed E-state index contributed by atoms with van der Waals surface area (Å²) in [6.45, 7) is 2.52. The van der Waals surface area contributed by atoms with Crippen LogP contribution in [0.4, 0.5) is 10.5 Å². The van der Waals surface area contributed by atoms with E-state index in [1.807, 2.05) is 6.92 Å². The van der Waals surface area contributed by atoms with Crippen molar-refractivity contribution < 1.29 is 19.8 Å². The molecule has 0 aliphatic heterocycles. The predicted octanol–water partition coefficient (Wildman–Crippen LogP) is 2.66. The number of carboxylic acid groups (broad SMARTS) is 1. The number of carbonyl (C=O) groups excluding carboxylic acids is 1. The number of aliphatic hydroxyl groups is 1. The number of carboxylic acids is 1. The molecule has 0 heterocycles. The normalized spacial score (nSPS) is 10.2. The summed E-state index contributed by atoms with van der Waals surface area (Å²) in [7, 11) is 0. The molecule has 0 atom stereocenters. The van der Waals surface area contributed by atoms with Crippen LogP contribution in [0.1, 0.15) is 30.1 Å². The van der Waals surface area contributed by atoms with E-state index in [-0.39, 0.29) is 24.4 Å². The van der Waals surface area contributed by atoms with Gasteiger partial charge in [0.05, 0.1) is 17.9 Å². The van der Waals surface area contributed by atoms with Gasteiger partial charge in [0, 0.05) is 18.1 Å². The first-order valence-corrected chi connectivity index (χ1v) is 7.07. The summed E-state index contributed by atoms with van der Waals surface area (Å²) in [5, 5.41) is 21.0. The molecule has 0 aliphatic carbocycles. The number of halogens is 1. The Morgan fingerprint density at radius 3 is 2.62 bits per heavy atom. The molecule has 0 saturated carbocycles. The van der Waals surface area contributed by atoms with Crippen LogP contribution in [-0.2, 0) is 0 Å². The zero-order chi connectivity index (χ0) is 15.8. The number of carbonyl (C=O) groups is 2. The molecule has 116 valence electrons. The van der Waals surface area contributed by atoms with Gasteiger partial charge in [0.15, 0.2) is 0 Å². The number of anilines is 1. The summed E-state index contributed by atoms with van der Waals surface area (Å²) in [5.41, 5.74) is 0.103. The highest BCUT2D eigenvalue weighted by molar-refractivity contribution is 6.31. The van der Waals surface area contributed by atoms with Crippen LogP contribution < -0.4 is 5.32 Å². The number of hydrogen-bond donors (Lipinski definition) is 3. The van der Waals surface area contributed by atoms with Gasteiger partial charge in [-0.05, 0) is 24.6 Å². The molecular formula is C14H19ClN2O4. The highest BCUT2D eigenvalue weighted by atomic mass is 35.5. The molecule has 21 heavy (non-hydrogen) atoms. The molecule has 1 aromatic rings. The lowest BCUT2D eigenvalue weighted by molar-refractivity contribution is 0.0698. The molecule has 3 N–H and O–H groups in total. The highest BCUT2D eigenvalue weighted by Gasteiger charge is 2.17. The molecule has 0 aliphatic rings. The molecular weight excluding hydrogens is 296 g/mol. The number of unbranched alkanes of at least 4 members (excludes halogenated alkanes) is 1. The van der Waals surface area contributed by atoms with Crippen LogP contribution in [-0.4, -0.2) is 46.8 Å².